The third-order valence-corrected chi connectivity index (χ3v) is 2.79. The molecule has 3 rings (SSSR count). The molecule has 0 fully saturated rings. The zero-order valence-electron chi connectivity index (χ0n) is 10.5. The van der Waals surface area contributed by atoms with E-state index in [2.05, 4.69) is 15.3 Å². The van der Waals surface area contributed by atoms with Gasteiger partial charge in [-0.05, 0) is 24.3 Å². The summed E-state index contributed by atoms with van der Waals surface area (Å²) in [6.45, 7) is 0. The monoisotopic (exact) mass is 251 g/mol. The predicted molar refractivity (Wildman–Crippen MR) is 75.8 cm³/mol. The Hall–Kier alpha value is -2.62. The van der Waals surface area contributed by atoms with E-state index in [1.165, 1.54) is 0 Å². The molecule has 0 unspecified atom stereocenters. The van der Waals surface area contributed by atoms with Gasteiger partial charge in [-0.15, -0.1) is 0 Å². The van der Waals surface area contributed by atoms with Gasteiger partial charge in [-0.25, -0.2) is 4.98 Å². The lowest BCUT2D eigenvalue weighted by molar-refractivity contribution is 0.403. The van der Waals surface area contributed by atoms with Crippen molar-refractivity contribution < 1.29 is 4.74 Å². The Morgan fingerprint density at radius 3 is 2.42 bits per heavy atom. The number of aromatic nitrogens is 2. The number of rotatable bonds is 3. The first-order valence-corrected chi connectivity index (χ1v) is 5.99. The normalized spacial score (nSPS) is 10.4. The predicted octanol–water partition coefficient (Wildman–Crippen LogP) is 3.38. The number of benzene rings is 2. The van der Waals surface area contributed by atoms with Gasteiger partial charge >= 0.3 is 0 Å². The van der Waals surface area contributed by atoms with Crippen LogP contribution in [-0.2, 0) is 0 Å². The van der Waals surface area contributed by atoms with Crippen molar-refractivity contribution in [1.29, 1.82) is 0 Å². The Bertz CT molecular complexity index is 698. The molecule has 0 spiro atoms. The molecule has 0 bridgehead atoms. The van der Waals surface area contributed by atoms with E-state index >= 15 is 0 Å². The number of anilines is 2. The summed E-state index contributed by atoms with van der Waals surface area (Å²) in [5.74, 6) is 1.10. The second kappa shape index (κ2) is 4.94. The van der Waals surface area contributed by atoms with Crippen LogP contribution in [-0.4, -0.2) is 17.1 Å². The molecule has 0 atom stereocenters. The minimum Gasteiger partial charge on any atom is -0.480 e. The van der Waals surface area contributed by atoms with Crippen molar-refractivity contribution in [2.75, 3.05) is 12.4 Å². The molecule has 94 valence electrons. The summed E-state index contributed by atoms with van der Waals surface area (Å²) in [5.41, 5.74) is 1.80. The van der Waals surface area contributed by atoms with Gasteiger partial charge in [0.2, 0.25) is 11.8 Å². The van der Waals surface area contributed by atoms with Crippen LogP contribution in [0.3, 0.4) is 0 Å². The number of fused-ring (bicyclic) bond motifs is 1. The number of methoxy groups -OCH3 is 1. The molecule has 0 saturated carbocycles. The maximum Gasteiger partial charge on any atom is 0.231 e. The SMILES string of the molecule is COc1nc(Nc2ccccc2)nc2ccccc12. The fourth-order valence-corrected chi connectivity index (χ4v) is 1.91. The third kappa shape index (κ3) is 2.33. The Kier molecular flexibility index (Phi) is 2.98. The maximum absolute atomic E-state index is 5.31. The Balaban J connectivity index is 2.05. The van der Waals surface area contributed by atoms with Crippen molar-refractivity contribution in [3.05, 3.63) is 54.6 Å². The molecule has 1 N–H and O–H groups in total. The molecule has 2 aromatic carbocycles. The first-order chi connectivity index (χ1) is 9.36. The van der Waals surface area contributed by atoms with Crippen molar-refractivity contribution in [3.8, 4) is 5.88 Å². The van der Waals surface area contributed by atoms with Crippen LogP contribution in [0.25, 0.3) is 10.9 Å². The molecule has 0 amide bonds. The van der Waals surface area contributed by atoms with E-state index in [0.717, 1.165) is 16.6 Å². The molecule has 0 aliphatic heterocycles. The summed E-state index contributed by atoms with van der Waals surface area (Å²) in [7, 11) is 1.61. The van der Waals surface area contributed by atoms with Crippen LogP contribution >= 0.6 is 0 Å². The molecule has 0 aliphatic carbocycles. The summed E-state index contributed by atoms with van der Waals surface area (Å²) in [6, 6.07) is 17.6. The van der Waals surface area contributed by atoms with E-state index in [1.807, 2.05) is 54.6 Å². The van der Waals surface area contributed by atoms with Crippen LogP contribution in [0.15, 0.2) is 54.6 Å². The minimum atomic E-state index is 0.529. The summed E-state index contributed by atoms with van der Waals surface area (Å²) < 4.78 is 5.31. The summed E-state index contributed by atoms with van der Waals surface area (Å²) in [6.07, 6.45) is 0. The van der Waals surface area contributed by atoms with Gasteiger partial charge in [0.1, 0.15) is 0 Å². The van der Waals surface area contributed by atoms with Crippen molar-refractivity contribution in [3.63, 3.8) is 0 Å². The molecule has 4 nitrogen and oxygen atoms in total. The summed E-state index contributed by atoms with van der Waals surface area (Å²) in [5, 5.41) is 4.07. The highest BCUT2D eigenvalue weighted by atomic mass is 16.5. The van der Waals surface area contributed by atoms with Gasteiger partial charge in [-0.3, -0.25) is 0 Å². The highest BCUT2D eigenvalue weighted by molar-refractivity contribution is 5.84. The van der Waals surface area contributed by atoms with Crippen molar-refractivity contribution >= 4 is 22.5 Å². The zero-order valence-corrected chi connectivity index (χ0v) is 10.5. The lowest BCUT2D eigenvalue weighted by Crippen LogP contribution is -2.00. The fourth-order valence-electron chi connectivity index (χ4n) is 1.91. The lowest BCUT2D eigenvalue weighted by Gasteiger charge is -2.08. The Morgan fingerprint density at radius 1 is 0.895 bits per heavy atom. The first kappa shape index (κ1) is 11.5. The van der Waals surface area contributed by atoms with Gasteiger partial charge in [0.05, 0.1) is 18.0 Å². The van der Waals surface area contributed by atoms with Gasteiger partial charge < -0.3 is 10.1 Å². The number of hydrogen-bond acceptors (Lipinski definition) is 4. The second-order valence-electron chi connectivity index (χ2n) is 4.06. The molecular formula is C15H13N3O. The lowest BCUT2D eigenvalue weighted by atomic mass is 10.2. The molecule has 0 radical (unpaired) electrons. The van der Waals surface area contributed by atoms with Crippen molar-refractivity contribution in [2.24, 2.45) is 0 Å². The Morgan fingerprint density at radius 2 is 1.63 bits per heavy atom. The van der Waals surface area contributed by atoms with Gasteiger partial charge in [0.15, 0.2) is 0 Å². The van der Waals surface area contributed by atoms with E-state index in [0.29, 0.717) is 11.8 Å². The fraction of sp³-hybridized carbons (Fsp3) is 0.0667. The number of ether oxygens (including phenoxy) is 1. The Labute approximate surface area is 111 Å². The quantitative estimate of drug-likeness (QED) is 0.775. The van der Waals surface area contributed by atoms with E-state index in [-0.39, 0.29) is 0 Å². The van der Waals surface area contributed by atoms with Crippen molar-refractivity contribution in [1.82, 2.24) is 9.97 Å². The molecule has 0 saturated heterocycles. The highest BCUT2D eigenvalue weighted by Crippen LogP contribution is 2.24. The molecule has 19 heavy (non-hydrogen) atoms. The maximum atomic E-state index is 5.31. The van der Waals surface area contributed by atoms with E-state index in [4.69, 9.17) is 4.74 Å². The highest BCUT2D eigenvalue weighted by Gasteiger charge is 2.07. The van der Waals surface area contributed by atoms with Crippen molar-refractivity contribution in [2.45, 2.75) is 0 Å². The van der Waals surface area contributed by atoms with E-state index < -0.39 is 0 Å². The number of nitrogens with zero attached hydrogens (tertiary/aromatic N) is 2. The molecular weight excluding hydrogens is 238 g/mol. The van der Waals surface area contributed by atoms with Gasteiger partial charge in [-0.1, -0.05) is 30.3 Å². The minimum absolute atomic E-state index is 0.529. The van der Waals surface area contributed by atoms with Crippen LogP contribution in [0.1, 0.15) is 0 Å². The van der Waals surface area contributed by atoms with E-state index in [9.17, 15) is 0 Å². The molecule has 1 heterocycles. The number of hydrogen-bond donors (Lipinski definition) is 1. The number of nitrogens with one attached hydrogen (secondary N) is 1. The first-order valence-electron chi connectivity index (χ1n) is 5.99. The smallest absolute Gasteiger partial charge is 0.231 e. The second-order valence-corrected chi connectivity index (χ2v) is 4.06. The van der Waals surface area contributed by atoms with Crippen LogP contribution in [0.2, 0.25) is 0 Å². The van der Waals surface area contributed by atoms with Gasteiger partial charge in [0, 0.05) is 5.69 Å². The summed E-state index contributed by atoms with van der Waals surface area (Å²) >= 11 is 0. The third-order valence-electron chi connectivity index (χ3n) is 2.79. The van der Waals surface area contributed by atoms with Gasteiger partial charge in [0.25, 0.3) is 0 Å². The average molecular weight is 251 g/mol. The van der Waals surface area contributed by atoms with Crippen LogP contribution in [0, 0.1) is 0 Å². The van der Waals surface area contributed by atoms with Gasteiger partial charge in [-0.2, -0.15) is 4.98 Å². The number of para-hydroxylation sites is 2. The van der Waals surface area contributed by atoms with Crippen LogP contribution < -0.4 is 10.1 Å². The molecule has 1 aromatic heterocycles. The van der Waals surface area contributed by atoms with Crippen LogP contribution in [0.5, 0.6) is 5.88 Å². The largest absolute Gasteiger partial charge is 0.480 e. The van der Waals surface area contributed by atoms with E-state index in [1.54, 1.807) is 7.11 Å². The molecule has 0 aliphatic rings. The molecule has 4 heteroatoms. The van der Waals surface area contributed by atoms with Crippen LogP contribution in [0.4, 0.5) is 11.6 Å². The zero-order chi connectivity index (χ0) is 13.1. The average Bonchev–Trinajstić information content (AvgIpc) is 2.47. The molecule has 3 aromatic rings. The topological polar surface area (TPSA) is 47.0 Å². The standard InChI is InChI=1S/C15H13N3O/c1-19-14-12-9-5-6-10-13(12)17-15(18-14)16-11-7-3-2-4-8-11/h2-10H,1H3,(H,16,17,18). The summed E-state index contributed by atoms with van der Waals surface area (Å²) in [4.78, 5) is 8.85.